The molecule has 0 fully saturated rings. The first-order chi connectivity index (χ1) is 9.40. The van der Waals surface area contributed by atoms with Crippen LogP contribution in [-0.2, 0) is 9.59 Å². The molecule has 1 aromatic rings. The Morgan fingerprint density at radius 3 is 2.80 bits per heavy atom. The lowest BCUT2D eigenvalue weighted by atomic mass is 10.2. The molecule has 0 aliphatic carbocycles. The number of amides is 2. The SMILES string of the molecule is Cc1ccc(Cl)c(O[C@H](C)C(=O)NCCCC(N)=O)c1. The van der Waals surface area contributed by atoms with Crippen LogP contribution >= 0.6 is 11.6 Å². The minimum atomic E-state index is -0.664. The molecule has 0 aliphatic heterocycles. The van der Waals surface area contributed by atoms with E-state index in [1.807, 2.05) is 13.0 Å². The van der Waals surface area contributed by atoms with Crippen LogP contribution in [0, 0.1) is 6.92 Å². The number of carbonyl (C=O) groups is 2. The van der Waals surface area contributed by atoms with Crippen LogP contribution in [0.15, 0.2) is 18.2 Å². The fraction of sp³-hybridized carbons (Fsp3) is 0.429. The van der Waals surface area contributed by atoms with Gasteiger partial charge in [0.15, 0.2) is 6.10 Å². The van der Waals surface area contributed by atoms with Gasteiger partial charge in [0.25, 0.3) is 5.91 Å². The van der Waals surface area contributed by atoms with Gasteiger partial charge in [0.2, 0.25) is 5.91 Å². The van der Waals surface area contributed by atoms with Crippen molar-refractivity contribution in [3.63, 3.8) is 0 Å². The van der Waals surface area contributed by atoms with Crippen molar-refractivity contribution in [3.8, 4) is 5.75 Å². The fourth-order valence-electron chi connectivity index (χ4n) is 1.56. The summed E-state index contributed by atoms with van der Waals surface area (Å²) in [5.41, 5.74) is 6.01. The third-order valence-electron chi connectivity index (χ3n) is 2.66. The number of carbonyl (C=O) groups excluding carboxylic acids is 2. The van der Waals surface area contributed by atoms with E-state index in [4.69, 9.17) is 22.1 Å². The molecule has 2 amide bonds. The maximum Gasteiger partial charge on any atom is 0.260 e. The first kappa shape index (κ1) is 16.3. The van der Waals surface area contributed by atoms with Crippen LogP contribution in [0.3, 0.4) is 0 Å². The number of nitrogens with two attached hydrogens (primary N) is 1. The molecule has 1 atom stereocenters. The summed E-state index contributed by atoms with van der Waals surface area (Å²) < 4.78 is 5.53. The molecule has 0 aromatic heterocycles. The Morgan fingerprint density at radius 1 is 1.45 bits per heavy atom. The van der Waals surface area contributed by atoms with Crippen LogP contribution < -0.4 is 15.8 Å². The van der Waals surface area contributed by atoms with E-state index in [9.17, 15) is 9.59 Å². The Balaban J connectivity index is 2.45. The highest BCUT2D eigenvalue weighted by molar-refractivity contribution is 6.32. The van der Waals surface area contributed by atoms with E-state index < -0.39 is 6.10 Å². The van der Waals surface area contributed by atoms with Gasteiger partial charge in [-0.2, -0.15) is 0 Å². The number of aryl methyl sites for hydroxylation is 1. The molecule has 0 saturated heterocycles. The minimum Gasteiger partial charge on any atom is -0.479 e. The van der Waals surface area contributed by atoms with E-state index in [1.165, 1.54) is 0 Å². The number of benzene rings is 1. The van der Waals surface area contributed by atoms with E-state index >= 15 is 0 Å². The van der Waals surface area contributed by atoms with Crippen molar-refractivity contribution in [1.82, 2.24) is 5.32 Å². The van der Waals surface area contributed by atoms with Crippen molar-refractivity contribution in [2.24, 2.45) is 5.73 Å². The summed E-state index contributed by atoms with van der Waals surface area (Å²) in [5.74, 6) is -0.159. The molecule has 6 heteroatoms. The van der Waals surface area contributed by atoms with Gasteiger partial charge in [-0.05, 0) is 38.0 Å². The number of ether oxygens (including phenoxy) is 1. The molecule has 0 aliphatic rings. The van der Waals surface area contributed by atoms with Gasteiger partial charge in [0.05, 0.1) is 5.02 Å². The maximum absolute atomic E-state index is 11.8. The molecule has 0 saturated carbocycles. The van der Waals surface area contributed by atoms with Gasteiger partial charge in [0, 0.05) is 13.0 Å². The Kier molecular flexibility index (Phi) is 6.31. The zero-order valence-electron chi connectivity index (χ0n) is 11.6. The zero-order valence-corrected chi connectivity index (χ0v) is 12.4. The molecule has 1 rings (SSSR count). The maximum atomic E-state index is 11.8. The normalized spacial score (nSPS) is 11.8. The van der Waals surface area contributed by atoms with Crippen molar-refractivity contribution in [2.45, 2.75) is 32.8 Å². The van der Waals surface area contributed by atoms with Gasteiger partial charge >= 0.3 is 0 Å². The van der Waals surface area contributed by atoms with E-state index in [0.29, 0.717) is 23.7 Å². The van der Waals surface area contributed by atoms with Crippen LogP contribution in [0.1, 0.15) is 25.3 Å². The van der Waals surface area contributed by atoms with Crippen LogP contribution in [0.4, 0.5) is 0 Å². The topological polar surface area (TPSA) is 81.4 Å². The highest BCUT2D eigenvalue weighted by atomic mass is 35.5. The number of primary amides is 1. The predicted molar refractivity (Wildman–Crippen MR) is 77.7 cm³/mol. The molecule has 3 N–H and O–H groups in total. The lowest BCUT2D eigenvalue weighted by Gasteiger charge is -2.16. The van der Waals surface area contributed by atoms with Crippen molar-refractivity contribution in [2.75, 3.05) is 6.54 Å². The monoisotopic (exact) mass is 298 g/mol. The van der Waals surface area contributed by atoms with Gasteiger partial charge in [0.1, 0.15) is 5.75 Å². The number of hydrogen-bond acceptors (Lipinski definition) is 3. The Bertz CT molecular complexity index is 491. The Hall–Kier alpha value is -1.75. The summed E-state index contributed by atoms with van der Waals surface area (Å²) >= 11 is 6.00. The van der Waals surface area contributed by atoms with Gasteiger partial charge in [-0.25, -0.2) is 0 Å². The Morgan fingerprint density at radius 2 is 2.15 bits per heavy atom. The number of rotatable bonds is 7. The molecule has 0 spiro atoms. The molecule has 0 unspecified atom stereocenters. The second-order valence-corrected chi connectivity index (χ2v) is 4.96. The van der Waals surface area contributed by atoms with Crippen molar-refractivity contribution < 1.29 is 14.3 Å². The molecule has 20 heavy (non-hydrogen) atoms. The lowest BCUT2D eigenvalue weighted by molar-refractivity contribution is -0.127. The minimum absolute atomic E-state index is 0.249. The summed E-state index contributed by atoms with van der Waals surface area (Å²) in [6.45, 7) is 3.94. The molecule has 110 valence electrons. The molecule has 1 aromatic carbocycles. The standard InChI is InChI=1S/C14H19ClN2O3/c1-9-5-6-11(15)12(8-9)20-10(2)14(19)17-7-3-4-13(16)18/h5-6,8,10H,3-4,7H2,1-2H3,(H2,16,18)(H,17,19)/t10-/m1/s1. The first-order valence-corrected chi connectivity index (χ1v) is 6.76. The number of halogens is 1. The molecule has 0 heterocycles. The summed E-state index contributed by atoms with van der Waals surface area (Å²) in [5, 5.41) is 3.14. The summed E-state index contributed by atoms with van der Waals surface area (Å²) in [6.07, 6.45) is 0.0981. The highest BCUT2D eigenvalue weighted by Gasteiger charge is 2.15. The predicted octanol–water partition coefficient (Wildman–Crippen LogP) is 1.80. The molecule has 0 bridgehead atoms. The molecular formula is C14H19ClN2O3. The van der Waals surface area contributed by atoms with Crippen LogP contribution in [0.25, 0.3) is 0 Å². The average Bonchev–Trinajstić information content (AvgIpc) is 2.38. The van der Waals surface area contributed by atoms with Gasteiger partial charge < -0.3 is 15.8 Å². The summed E-state index contributed by atoms with van der Waals surface area (Å²) in [7, 11) is 0. The number of nitrogens with one attached hydrogen (secondary N) is 1. The third kappa shape index (κ3) is 5.48. The summed E-state index contributed by atoms with van der Waals surface area (Å²) in [6, 6.07) is 5.37. The van der Waals surface area contributed by atoms with Gasteiger partial charge in [-0.3, -0.25) is 9.59 Å². The molecule has 5 nitrogen and oxygen atoms in total. The van der Waals surface area contributed by atoms with Crippen molar-refractivity contribution in [3.05, 3.63) is 28.8 Å². The zero-order chi connectivity index (χ0) is 15.1. The van der Waals surface area contributed by atoms with Crippen molar-refractivity contribution >= 4 is 23.4 Å². The molecule has 0 radical (unpaired) electrons. The first-order valence-electron chi connectivity index (χ1n) is 6.39. The largest absolute Gasteiger partial charge is 0.479 e. The van der Waals surface area contributed by atoms with E-state index in [-0.39, 0.29) is 18.2 Å². The Labute approximate surface area is 123 Å². The second-order valence-electron chi connectivity index (χ2n) is 4.55. The third-order valence-corrected chi connectivity index (χ3v) is 2.97. The second kappa shape index (κ2) is 7.75. The highest BCUT2D eigenvalue weighted by Crippen LogP contribution is 2.26. The average molecular weight is 299 g/mol. The van der Waals surface area contributed by atoms with Gasteiger partial charge in [-0.1, -0.05) is 17.7 Å². The van der Waals surface area contributed by atoms with E-state index in [2.05, 4.69) is 5.32 Å². The van der Waals surface area contributed by atoms with E-state index in [1.54, 1.807) is 19.1 Å². The fourth-order valence-corrected chi connectivity index (χ4v) is 1.72. The van der Waals surface area contributed by atoms with E-state index in [0.717, 1.165) is 5.56 Å². The quantitative estimate of drug-likeness (QED) is 0.753. The lowest BCUT2D eigenvalue weighted by Crippen LogP contribution is -2.37. The van der Waals surface area contributed by atoms with Gasteiger partial charge in [-0.15, -0.1) is 0 Å². The smallest absolute Gasteiger partial charge is 0.260 e. The van der Waals surface area contributed by atoms with Crippen LogP contribution in [0.5, 0.6) is 5.75 Å². The summed E-state index contributed by atoms with van der Waals surface area (Å²) in [4.78, 5) is 22.4. The van der Waals surface area contributed by atoms with Crippen LogP contribution in [0.2, 0.25) is 5.02 Å². The van der Waals surface area contributed by atoms with Crippen molar-refractivity contribution in [1.29, 1.82) is 0 Å². The number of hydrogen-bond donors (Lipinski definition) is 2. The molecular weight excluding hydrogens is 280 g/mol. The van der Waals surface area contributed by atoms with Crippen LogP contribution in [-0.4, -0.2) is 24.5 Å².